The van der Waals surface area contributed by atoms with Crippen LogP contribution in [0.5, 0.6) is 0 Å². The van der Waals surface area contributed by atoms with Crippen LogP contribution < -0.4 is 10.6 Å². The third kappa shape index (κ3) is 5.96. The van der Waals surface area contributed by atoms with E-state index in [1.165, 1.54) is 17.8 Å². The molecular formula is C22H24FN3O. The number of nitriles is 1. The fourth-order valence-corrected chi connectivity index (χ4v) is 2.63. The predicted molar refractivity (Wildman–Crippen MR) is 104 cm³/mol. The second-order valence-electron chi connectivity index (χ2n) is 6.26. The summed E-state index contributed by atoms with van der Waals surface area (Å²) < 4.78 is 13.6. The van der Waals surface area contributed by atoms with Crippen LogP contribution in [-0.2, 0) is 17.6 Å². The Morgan fingerprint density at radius 1 is 1.22 bits per heavy atom. The average molecular weight is 365 g/mol. The molecule has 0 spiro atoms. The van der Waals surface area contributed by atoms with Crippen LogP contribution in [0.1, 0.15) is 36.6 Å². The standard InChI is InChI=1S/C22H24FN3O/c1-3-17-8-10-18(11-9-17)16(2)26-22(27)20(14-24)15-25-13-12-19-6-4-5-7-21(19)23/h4-11,15-16,25H,3,12-13H2,1-2H3,(H,26,27)/b20-15-. The van der Waals surface area contributed by atoms with Gasteiger partial charge in [-0.05, 0) is 42.5 Å². The lowest BCUT2D eigenvalue weighted by molar-refractivity contribution is -0.117. The molecule has 0 bridgehead atoms. The van der Waals surface area contributed by atoms with E-state index in [0.29, 0.717) is 18.5 Å². The number of halogens is 1. The van der Waals surface area contributed by atoms with Gasteiger partial charge in [-0.2, -0.15) is 5.26 Å². The summed E-state index contributed by atoms with van der Waals surface area (Å²) in [5.74, 6) is -0.701. The number of carbonyl (C=O) groups excluding carboxylic acids is 1. The highest BCUT2D eigenvalue weighted by Gasteiger charge is 2.13. The first-order chi connectivity index (χ1) is 13.0. The summed E-state index contributed by atoms with van der Waals surface area (Å²) in [4.78, 5) is 12.3. The van der Waals surface area contributed by atoms with Gasteiger partial charge < -0.3 is 10.6 Å². The number of hydrogen-bond donors (Lipinski definition) is 2. The molecule has 0 saturated heterocycles. The van der Waals surface area contributed by atoms with Gasteiger partial charge in [-0.1, -0.05) is 49.4 Å². The van der Waals surface area contributed by atoms with E-state index < -0.39 is 5.91 Å². The van der Waals surface area contributed by atoms with Crippen LogP contribution in [-0.4, -0.2) is 12.5 Å². The van der Waals surface area contributed by atoms with Crippen molar-refractivity contribution < 1.29 is 9.18 Å². The van der Waals surface area contributed by atoms with Crippen LogP contribution in [0, 0.1) is 17.1 Å². The van der Waals surface area contributed by atoms with E-state index in [9.17, 15) is 14.4 Å². The van der Waals surface area contributed by atoms with Gasteiger partial charge in [0.25, 0.3) is 5.91 Å². The van der Waals surface area contributed by atoms with E-state index in [1.807, 2.05) is 37.3 Å². The number of carbonyl (C=O) groups is 1. The normalized spacial score (nSPS) is 12.1. The SMILES string of the molecule is CCc1ccc(C(C)NC(=O)/C(C#N)=C\NCCc2ccccc2F)cc1. The van der Waals surface area contributed by atoms with E-state index in [-0.39, 0.29) is 17.4 Å². The number of hydrogen-bond acceptors (Lipinski definition) is 3. The quantitative estimate of drug-likeness (QED) is 0.425. The van der Waals surface area contributed by atoms with Crippen LogP contribution in [0.15, 0.2) is 60.3 Å². The maximum Gasteiger partial charge on any atom is 0.263 e. The zero-order valence-electron chi connectivity index (χ0n) is 15.6. The molecule has 1 amide bonds. The molecule has 1 unspecified atom stereocenters. The van der Waals surface area contributed by atoms with Crippen molar-refractivity contribution in [3.8, 4) is 6.07 Å². The lowest BCUT2D eigenvalue weighted by atomic mass is 10.0. The molecule has 0 fully saturated rings. The van der Waals surface area contributed by atoms with E-state index in [2.05, 4.69) is 17.6 Å². The maximum absolute atomic E-state index is 13.6. The Kier molecular flexibility index (Phi) is 7.57. The molecule has 0 saturated carbocycles. The molecule has 2 rings (SSSR count). The highest BCUT2D eigenvalue weighted by atomic mass is 19.1. The van der Waals surface area contributed by atoms with Gasteiger partial charge in [-0.25, -0.2) is 4.39 Å². The highest BCUT2D eigenvalue weighted by molar-refractivity contribution is 5.97. The summed E-state index contributed by atoms with van der Waals surface area (Å²) in [6.07, 6.45) is 2.80. The number of aryl methyl sites for hydroxylation is 1. The lowest BCUT2D eigenvalue weighted by Crippen LogP contribution is -2.28. The lowest BCUT2D eigenvalue weighted by Gasteiger charge is -2.14. The minimum absolute atomic E-state index is 0.0134. The largest absolute Gasteiger partial charge is 0.389 e. The van der Waals surface area contributed by atoms with E-state index in [1.54, 1.807) is 18.2 Å². The maximum atomic E-state index is 13.6. The van der Waals surface area contributed by atoms with E-state index in [4.69, 9.17) is 0 Å². The Bertz CT molecular complexity index is 837. The van der Waals surface area contributed by atoms with Crippen molar-refractivity contribution in [2.45, 2.75) is 32.7 Å². The Morgan fingerprint density at radius 3 is 2.56 bits per heavy atom. The molecular weight excluding hydrogens is 341 g/mol. The average Bonchev–Trinajstić information content (AvgIpc) is 2.69. The zero-order chi connectivity index (χ0) is 19.6. The molecule has 0 aliphatic rings. The molecule has 1 atom stereocenters. The summed E-state index contributed by atoms with van der Waals surface area (Å²) in [6, 6.07) is 16.2. The fourth-order valence-electron chi connectivity index (χ4n) is 2.63. The molecule has 0 aliphatic carbocycles. The molecule has 2 N–H and O–H groups in total. The van der Waals surface area contributed by atoms with Crippen LogP contribution >= 0.6 is 0 Å². The van der Waals surface area contributed by atoms with Gasteiger partial charge in [0.2, 0.25) is 0 Å². The minimum atomic E-state index is -0.442. The molecule has 5 heteroatoms. The van der Waals surface area contributed by atoms with Crippen LogP contribution in [0.2, 0.25) is 0 Å². The molecule has 4 nitrogen and oxygen atoms in total. The van der Waals surface area contributed by atoms with Gasteiger partial charge in [0, 0.05) is 12.7 Å². The predicted octanol–water partition coefficient (Wildman–Crippen LogP) is 3.81. The van der Waals surface area contributed by atoms with Gasteiger partial charge >= 0.3 is 0 Å². The number of benzene rings is 2. The summed E-state index contributed by atoms with van der Waals surface area (Å²) in [5.41, 5.74) is 2.78. The first-order valence-corrected chi connectivity index (χ1v) is 9.02. The summed E-state index contributed by atoms with van der Waals surface area (Å²) in [5, 5.41) is 15.0. The minimum Gasteiger partial charge on any atom is -0.389 e. The molecule has 0 radical (unpaired) electrons. The van der Waals surface area contributed by atoms with Gasteiger partial charge in [0.1, 0.15) is 17.5 Å². The van der Waals surface area contributed by atoms with Crippen LogP contribution in [0.25, 0.3) is 0 Å². The van der Waals surface area contributed by atoms with Gasteiger partial charge in [0.15, 0.2) is 0 Å². The molecule has 2 aromatic rings. The number of amides is 1. The second-order valence-corrected chi connectivity index (χ2v) is 6.26. The number of nitrogens with zero attached hydrogens (tertiary/aromatic N) is 1. The summed E-state index contributed by atoms with van der Waals surface area (Å²) in [6.45, 7) is 4.39. The number of rotatable bonds is 8. The van der Waals surface area contributed by atoms with Crippen LogP contribution in [0.3, 0.4) is 0 Å². The zero-order valence-corrected chi connectivity index (χ0v) is 15.6. The summed E-state index contributed by atoms with van der Waals surface area (Å²) >= 11 is 0. The Hall–Kier alpha value is -3.13. The van der Waals surface area contributed by atoms with Crippen molar-refractivity contribution in [1.82, 2.24) is 10.6 Å². The number of nitrogens with one attached hydrogen (secondary N) is 2. The van der Waals surface area contributed by atoms with Crippen molar-refractivity contribution in [2.75, 3.05) is 6.54 Å². The van der Waals surface area contributed by atoms with E-state index >= 15 is 0 Å². The van der Waals surface area contributed by atoms with Crippen molar-refractivity contribution in [1.29, 1.82) is 5.26 Å². The topological polar surface area (TPSA) is 64.9 Å². The Morgan fingerprint density at radius 2 is 1.93 bits per heavy atom. The Balaban J connectivity index is 1.89. The van der Waals surface area contributed by atoms with E-state index in [0.717, 1.165) is 12.0 Å². The monoisotopic (exact) mass is 365 g/mol. The smallest absolute Gasteiger partial charge is 0.263 e. The Labute approximate surface area is 159 Å². The molecule has 2 aromatic carbocycles. The van der Waals surface area contributed by atoms with Crippen molar-refractivity contribution >= 4 is 5.91 Å². The van der Waals surface area contributed by atoms with Gasteiger partial charge in [-0.15, -0.1) is 0 Å². The van der Waals surface area contributed by atoms with Gasteiger partial charge in [0.05, 0.1) is 6.04 Å². The molecule has 0 aromatic heterocycles. The third-order valence-electron chi connectivity index (χ3n) is 4.34. The first-order valence-electron chi connectivity index (χ1n) is 9.02. The second kappa shape index (κ2) is 10.1. The van der Waals surface area contributed by atoms with Crippen molar-refractivity contribution in [3.05, 3.63) is 82.8 Å². The summed E-state index contributed by atoms with van der Waals surface area (Å²) in [7, 11) is 0. The fraction of sp³-hybridized carbons (Fsp3) is 0.273. The molecule has 0 aliphatic heterocycles. The van der Waals surface area contributed by atoms with Crippen molar-refractivity contribution in [2.24, 2.45) is 0 Å². The molecule has 140 valence electrons. The first kappa shape index (κ1) is 20.2. The molecule has 27 heavy (non-hydrogen) atoms. The van der Waals surface area contributed by atoms with Crippen LogP contribution in [0.4, 0.5) is 4.39 Å². The van der Waals surface area contributed by atoms with Crippen molar-refractivity contribution in [3.63, 3.8) is 0 Å². The van der Waals surface area contributed by atoms with Gasteiger partial charge in [-0.3, -0.25) is 4.79 Å². The highest BCUT2D eigenvalue weighted by Crippen LogP contribution is 2.14. The molecule has 0 heterocycles. The third-order valence-corrected chi connectivity index (χ3v) is 4.34.